The Morgan fingerprint density at radius 3 is 2.50 bits per heavy atom. The molecule has 1 aromatic rings. The number of carbonyl (C=O) groups is 1. The van der Waals surface area contributed by atoms with Crippen LogP contribution in [0.4, 0.5) is 13.2 Å². The van der Waals surface area contributed by atoms with Crippen molar-refractivity contribution in [3.63, 3.8) is 0 Å². The zero-order chi connectivity index (χ0) is 13.1. The van der Waals surface area contributed by atoms with Crippen LogP contribution in [-0.4, -0.2) is 17.9 Å². The van der Waals surface area contributed by atoms with Gasteiger partial charge in [0.15, 0.2) is 0 Å². The van der Waals surface area contributed by atoms with Gasteiger partial charge in [-0.3, -0.25) is 4.79 Å². The van der Waals surface area contributed by atoms with E-state index in [1.807, 2.05) is 0 Å². The molecule has 0 N–H and O–H groups in total. The number of amides is 1. The van der Waals surface area contributed by atoms with E-state index in [1.165, 1.54) is 4.90 Å². The zero-order valence-corrected chi connectivity index (χ0v) is 10.6. The summed E-state index contributed by atoms with van der Waals surface area (Å²) in [5, 5.41) is 1.09. The molecule has 0 aromatic carbocycles. The van der Waals surface area contributed by atoms with Gasteiger partial charge in [0.05, 0.1) is 16.7 Å². The fraction of sp³-hybridized carbons (Fsp3) is 0.583. The normalized spacial score (nSPS) is 22.0. The third-order valence-electron chi connectivity index (χ3n) is 4.11. The first kappa shape index (κ1) is 12.0. The fourth-order valence-corrected chi connectivity index (χ4v) is 4.52. The van der Waals surface area contributed by atoms with Gasteiger partial charge in [-0.1, -0.05) is 12.8 Å². The molecule has 2 aliphatic rings. The summed E-state index contributed by atoms with van der Waals surface area (Å²) in [7, 11) is 1.63. The largest absolute Gasteiger partial charge is 0.418 e. The molecule has 0 atom stereocenters. The van der Waals surface area contributed by atoms with Crippen molar-refractivity contribution in [2.24, 2.45) is 0 Å². The summed E-state index contributed by atoms with van der Waals surface area (Å²) in [6, 6.07) is 0. The van der Waals surface area contributed by atoms with Crippen LogP contribution in [0.1, 0.15) is 46.5 Å². The van der Waals surface area contributed by atoms with Crippen LogP contribution >= 0.6 is 11.3 Å². The maximum atomic E-state index is 12.9. The maximum absolute atomic E-state index is 12.9. The lowest BCUT2D eigenvalue weighted by Gasteiger charge is -2.32. The zero-order valence-electron chi connectivity index (χ0n) is 9.80. The molecule has 0 saturated heterocycles. The van der Waals surface area contributed by atoms with E-state index in [4.69, 9.17) is 0 Å². The van der Waals surface area contributed by atoms with Gasteiger partial charge in [0, 0.05) is 17.3 Å². The molecule has 1 spiro atoms. The predicted octanol–water partition coefficient (Wildman–Crippen LogP) is 3.62. The summed E-state index contributed by atoms with van der Waals surface area (Å²) in [5.74, 6) is -0.472. The number of alkyl halides is 3. The van der Waals surface area contributed by atoms with Gasteiger partial charge in [-0.15, -0.1) is 11.3 Å². The molecule has 0 unspecified atom stereocenters. The first-order chi connectivity index (χ1) is 8.38. The van der Waals surface area contributed by atoms with E-state index >= 15 is 0 Å². The van der Waals surface area contributed by atoms with E-state index in [0.29, 0.717) is 4.88 Å². The first-order valence-corrected chi connectivity index (χ1v) is 6.73. The molecule has 2 heterocycles. The number of hydrogen-bond donors (Lipinski definition) is 0. The molecule has 1 amide bonds. The van der Waals surface area contributed by atoms with Crippen LogP contribution in [-0.2, 0) is 11.7 Å². The van der Waals surface area contributed by atoms with Gasteiger partial charge in [0.25, 0.3) is 5.91 Å². The van der Waals surface area contributed by atoms with Crippen LogP contribution in [0.2, 0.25) is 0 Å². The molecule has 1 aliphatic carbocycles. The maximum Gasteiger partial charge on any atom is 0.418 e. The standard InChI is InChI=1S/C12H12F3NOS/c1-16-10(17)8-7(12(13,14)15)6-18-9(8)11(16)4-2-3-5-11/h6H,2-5H2,1H3. The quantitative estimate of drug-likeness (QED) is 0.708. The molecule has 1 fully saturated rings. The third kappa shape index (κ3) is 1.32. The van der Waals surface area contributed by atoms with Crippen molar-refractivity contribution in [2.45, 2.75) is 37.4 Å². The van der Waals surface area contributed by atoms with Crippen molar-refractivity contribution < 1.29 is 18.0 Å². The predicted molar refractivity (Wildman–Crippen MR) is 61.6 cm³/mol. The minimum Gasteiger partial charge on any atom is -0.331 e. The minimum absolute atomic E-state index is 0.100. The van der Waals surface area contributed by atoms with Crippen LogP contribution in [0, 0.1) is 0 Å². The molecule has 0 radical (unpaired) electrons. The highest BCUT2D eigenvalue weighted by atomic mass is 32.1. The summed E-state index contributed by atoms with van der Waals surface area (Å²) in [5.41, 5.74) is -1.32. The highest BCUT2D eigenvalue weighted by molar-refractivity contribution is 7.10. The Hall–Kier alpha value is -1.04. The van der Waals surface area contributed by atoms with Gasteiger partial charge in [-0.25, -0.2) is 0 Å². The van der Waals surface area contributed by atoms with Crippen molar-refractivity contribution in [3.8, 4) is 0 Å². The van der Waals surface area contributed by atoms with Crippen LogP contribution < -0.4 is 0 Å². The Bertz CT molecular complexity index is 514. The second kappa shape index (κ2) is 3.50. The fourth-order valence-electron chi connectivity index (χ4n) is 3.16. The van der Waals surface area contributed by atoms with Gasteiger partial charge < -0.3 is 4.90 Å². The monoisotopic (exact) mass is 275 g/mol. The smallest absolute Gasteiger partial charge is 0.331 e. The lowest BCUT2D eigenvalue weighted by atomic mass is 9.95. The van der Waals surface area contributed by atoms with Gasteiger partial charge in [0.2, 0.25) is 0 Å². The van der Waals surface area contributed by atoms with Crippen molar-refractivity contribution in [3.05, 3.63) is 21.4 Å². The van der Waals surface area contributed by atoms with Crippen molar-refractivity contribution in [1.82, 2.24) is 4.90 Å². The average molecular weight is 275 g/mol. The van der Waals surface area contributed by atoms with Crippen LogP contribution in [0.15, 0.2) is 5.38 Å². The third-order valence-corrected chi connectivity index (χ3v) is 5.28. The second-order valence-electron chi connectivity index (χ2n) is 4.95. The molecule has 98 valence electrons. The van der Waals surface area contributed by atoms with E-state index in [2.05, 4.69) is 0 Å². The summed E-state index contributed by atoms with van der Waals surface area (Å²) in [4.78, 5) is 14.3. The van der Waals surface area contributed by atoms with E-state index in [9.17, 15) is 18.0 Å². The van der Waals surface area contributed by atoms with Gasteiger partial charge in [-0.05, 0) is 12.8 Å². The summed E-state index contributed by atoms with van der Waals surface area (Å²) >= 11 is 1.09. The Kier molecular flexibility index (Phi) is 2.33. The molecule has 6 heteroatoms. The molecular formula is C12H12F3NOS. The average Bonchev–Trinajstić information content (AvgIpc) is 2.95. The Labute approximate surface area is 106 Å². The topological polar surface area (TPSA) is 20.3 Å². The first-order valence-electron chi connectivity index (χ1n) is 5.85. The van der Waals surface area contributed by atoms with Gasteiger partial charge in [-0.2, -0.15) is 13.2 Å². The summed E-state index contributed by atoms with van der Waals surface area (Å²) < 4.78 is 38.7. The van der Waals surface area contributed by atoms with Crippen molar-refractivity contribution >= 4 is 17.2 Å². The number of rotatable bonds is 0. The minimum atomic E-state index is -4.44. The number of fused-ring (bicyclic) bond motifs is 2. The number of thiophene rings is 1. The number of hydrogen-bond acceptors (Lipinski definition) is 2. The van der Waals surface area contributed by atoms with Crippen molar-refractivity contribution in [2.75, 3.05) is 7.05 Å². The molecular weight excluding hydrogens is 263 g/mol. The van der Waals surface area contributed by atoms with E-state index in [1.54, 1.807) is 7.05 Å². The summed E-state index contributed by atoms with van der Waals surface area (Å²) in [6.07, 6.45) is -0.947. The van der Waals surface area contributed by atoms with Crippen molar-refractivity contribution in [1.29, 1.82) is 0 Å². The van der Waals surface area contributed by atoms with Crippen LogP contribution in [0.25, 0.3) is 0 Å². The molecule has 18 heavy (non-hydrogen) atoms. The van der Waals surface area contributed by atoms with Crippen LogP contribution in [0.3, 0.4) is 0 Å². The van der Waals surface area contributed by atoms with Gasteiger partial charge in [0.1, 0.15) is 0 Å². The Morgan fingerprint density at radius 1 is 1.33 bits per heavy atom. The molecule has 1 aliphatic heterocycles. The molecule has 2 nitrogen and oxygen atoms in total. The molecule has 1 aromatic heterocycles. The van der Waals surface area contributed by atoms with E-state index in [0.717, 1.165) is 42.4 Å². The summed E-state index contributed by atoms with van der Waals surface area (Å²) in [6.45, 7) is 0. The molecule has 0 bridgehead atoms. The molecule has 3 rings (SSSR count). The molecule has 1 saturated carbocycles. The second-order valence-corrected chi connectivity index (χ2v) is 5.83. The SMILES string of the molecule is CN1C(=O)c2c(C(F)(F)F)csc2C12CCCC2. The lowest BCUT2D eigenvalue weighted by Crippen LogP contribution is -2.38. The lowest BCUT2D eigenvalue weighted by molar-refractivity contribution is -0.137. The van der Waals surface area contributed by atoms with E-state index < -0.39 is 23.2 Å². The van der Waals surface area contributed by atoms with Crippen LogP contribution in [0.5, 0.6) is 0 Å². The van der Waals surface area contributed by atoms with Gasteiger partial charge >= 0.3 is 6.18 Å². The number of carbonyl (C=O) groups excluding carboxylic acids is 1. The van der Waals surface area contributed by atoms with E-state index in [-0.39, 0.29) is 5.56 Å². The number of nitrogens with zero attached hydrogens (tertiary/aromatic N) is 1. The Balaban J connectivity index is 2.19. The highest BCUT2D eigenvalue weighted by Crippen LogP contribution is 2.54. The Morgan fingerprint density at radius 2 is 1.94 bits per heavy atom. The number of halogens is 3. The highest BCUT2D eigenvalue weighted by Gasteiger charge is 2.54.